The second kappa shape index (κ2) is 7.13. The summed E-state index contributed by atoms with van der Waals surface area (Å²) >= 11 is 6.94. The summed E-state index contributed by atoms with van der Waals surface area (Å²) < 4.78 is 0. The smallest absolute Gasteiger partial charge is 0.335 e. The molecule has 1 fully saturated rings. The average Bonchev–Trinajstić information content (AvgIpc) is 2.85. The first-order valence-corrected chi connectivity index (χ1v) is 8.47. The maximum atomic E-state index is 12.5. The number of amides is 2. The summed E-state index contributed by atoms with van der Waals surface area (Å²) in [6.45, 7) is 0.111. The van der Waals surface area contributed by atoms with Crippen molar-refractivity contribution in [3.8, 4) is 0 Å². The minimum atomic E-state index is -1.02. The van der Waals surface area contributed by atoms with Gasteiger partial charge in [-0.05, 0) is 47.2 Å². The lowest BCUT2D eigenvalue weighted by Crippen LogP contribution is -2.27. The van der Waals surface area contributed by atoms with Crippen molar-refractivity contribution in [1.29, 1.82) is 0 Å². The number of aromatic carboxylic acids is 1. The van der Waals surface area contributed by atoms with E-state index in [1.54, 1.807) is 42.5 Å². The number of carboxylic acids is 1. The lowest BCUT2D eigenvalue weighted by Gasteiger charge is -2.13. The van der Waals surface area contributed by atoms with Crippen molar-refractivity contribution in [2.75, 3.05) is 0 Å². The topological polar surface area (TPSA) is 74.7 Å². The Hall–Kier alpha value is -2.57. The average molecular weight is 374 g/mol. The number of carboxylic acid groups (broad SMARTS) is 1. The third kappa shape index (κ3) is 3.75. The maximum absolute atomic E-state index is 12.5. The molecule has 3 rings (SSSR count). The molecule has 1 N–H and O–H groups in total. The van der Waals surface area contributed by atoms with Crippen LogP contribution in [0, 0.1) is 0 Å². The highest BCUT2D eigenvalue weighted by molar-refractivity contribution is 8.18. The van der Waals surface area contributed by atoms with Gasteiger partial charge in [-0.3, -0.25) is 14.5 Å². The SMILES string of the molecule is O=C(O)c1ccc(C=C2SC(=O)N(Cc3ccccc3Cl)C2=O)cc1. The van der Waals surface area contributed by atoms with E-state index in [0.29, 0.717) is 21.1 Å². The van der Waals surface area contributed by atoms with Gasteiger partial charge in [-0.25, -0.2) is 4.79 Å². The molecule has 0 unspecified atom stereocenters. The third-order valence-electron chi connectivity index (χ3n) is 3.62. The van der Waals surface area contributed by atoms with Crippen molar-refractivity contribution in [1.82, 2.24) is 4.90 Å². The van der Waals surface area contributed by atoms with E-state index in [-0.39, 0.29) is 17.3 Å². The zero-order valence-electron chi connectivity index (χ0n) is 12.8. The fourth-order valence-electron chi connectivity index (χ4n) is 2.31. The van der Waals surface area contributed by atoms with Gasteiger partial charge in [0.05, 0.1) is 17.0 Å². The molecule has 25 heavy (non-hydrogen) atoms. The van der Waals surface area contributed by atoms with Crippen molar-refractivity contribution < 1.29 is 19.5 Å². The van der Waals surface area contributed by atoms with E-state index in [2.05, 4.69) is 0 Å². The van der Waals surface area contributed by atoms with Gasteiger partial charge in [-0.15, -0.1) is 0 Å². The van der Waals surface area contributed by atoms with E-state index >= 15 is 0 Å². The van der Waals surface area contributed by atoms with Crippen molar-refractivity contribution in [3.63, 3.8) is 0 Å². The Balaban J connectivity index is 1.81. The fourth-order valence-corrected chi connectivity index (χ4v) is 3.34. The van der Waals surface area contributed by atoms with E-state index < -0.39 is 11.9 Å². The fraction of sp³-hybridized carbons (Fsp3) is 0.0556. The molecule has 1 saturated heterocycles. The lowest BCUT2D eigenvalue weighted by atomic mass is 10.1. The summed E-state index contributed by atoms with van der Waals surface area (Å²) in [6, 6.07) is 13.1. The van der Waals surface area contributed by atoms with Crippen LogP contribution in [-0.2, 0) is 11.3 Å². The molecule has 1 heterocycles. The minimum absolute atomic E-state index is 0.111. The van der Waals surface area contributed by atoms with Crippen LogP contribution in [0.4, 0.5) is 4.79 Å². The number of nitrogens with zero attached hydrogens (tertiary/aromatic N) is 1. The lowest BCUT2D eigenvalue weighted by molar-refractivity contribution is -0.123. The van der Waals surface area contributed by atoms with Crippen LogP contribution >= 0.6 is 23.4 Å². The van der Waals surface area contributed by atoms with Gasteiger partial charge in [0.2, 0.25) is 0 Å². The second-order valence-corrected chi connectivity index (χ2v) is 6.69. The highest BCUT2D eigenvalue weighted by atomic mass is 35.5. The monoisotopic (exact) mass is 373 g/mol. The van der Waals surface area contributed by atoms with Crippen molar-refractivity contribution in [3.05, 3.63) is 75.1 Å². The van der Waals surface area contributed by atoms with Gasteiger partial charge in [0, 0.05) is 5.02 Å². The summed E-state index contributed by atoms with van der Waals surface area (Å²) in [5.41, 5.74) is 1.50. The number of rotatable bonds is 4. The highest BCUT2D eigenvalue weighted by Crippen LogP contribution is 2.34. The van der Waals surface area contributed by atoms with Gasteiger partial charge < -0.3 is 5.11 Å². The summed E-state index contributed by atoms with van der Waals surface area (Å²) in [4.78, 5) is 36.9. The number of thioether (sulfide) groups is 1. The van der Waals surface area contributed by atoms with Gasteiger partial charge >= 0.3 is 5.97 Å². The van der Waals surface area contributed by atoms with E-state index in [0.717, 1.165) is 16.7 Å². The normalized spacial score (nSPS) is 15.9. The van der Waals surface area contributed by atoms with Crippen LogP contribution in [0.2, 0.25) is 5.02 Å². The summed E-state index contributed by atoms with van der Waals surface area (Å²) in [5.74, 6) is -1.41. The number of carbonyl (C=O) groups is 3. The molecule has 1 aliphatic rings. The molecule has 5 nitrogen and oxygen atoms in total. The molecule has 0 bridgehead atoms. The Morgan fingerprint density at radius 1 is 1.12 bits per heavy atom. The Morgan fingerprint density at radius 2 is 1.80 bits per heavy atom. The Kier molecular flexibility index (Phi) is 4.92. The van der Waals surface area contributed by atoms with Crippen molar-refractivity contribution >= 4 is 46.6 Å². The predicted octanol–water partition coefficient (Wildman–Crippen LogP) is 4.27. The van der Waals surface area contributed by atoms with Gasteiger partial charge in [-0.1, -0.05) is 41.9 Å². The van der Waals surface area contributed by atoms with Crippen molar-refractivity contribution in [2.45, 2.75) is 6.54 Å². The molecule has 1 aliphatic heterocycles. The molecule has 0 spiro atoms. The predicted molar refractivity (Wildman–Crippen MR) is 96.4 cm³/mol. The van der Waals surface area contributed by atoms with Crippen LogP contribution in [0.25, 0.3) is 6.08 Å². The molecular formula is C18H12ClNO4S. The molecule has 7 heteroatoms. The van der Waals surface area contributed by atoms with Gasteiger partial charge in [0.25, 0.3) is 11.1 Å². The van der Waals surface area contributed by atoms with Crippen molar-refractivity contribution in [2.24, 2.45) is 0 Å². The quantitative estimate of drug-likeness (QED) is 0.810. The van der Waals surface area contributed by atoms with Crippen LogP contribution < -0.4 is 0 Å². The van der Waals surface area contributed by atoms with Gasteiger partial charge in [0.1, 0.15) is 0 Å². The van der Waals surface area contributed by atoms with E-state index in [1.807, 2.05) is 0 Å². The Labute approximate surface area is 152 Å². The molecule has 0 aliphatic carbocycles. The maximum Gasteiger partial charge on any atom is 0.335 e. The number of hydrogen-bond donors (Lipinski definition) is 1. The summed E-state index contributed by atoms with van der Waals surface area (Å²) in [6.07, 6.45) is 1.57. The molecule has 0 aromatic heterocycles. The Morgan fingerprint density at radius 3 is 2.44 bits per heavy atom. The van der Waals surface area contributed by atoms with E-state index in [4.69, 9.17) is 16.7 Å². The zero-order valence-corrected chi connectivity index (χ0v) is 14.4. The number of imide groups is 1. The van der Waals surface area contributed by atoms with Gasteiger partial charge in [0.15, 0.2) is 0 Å². The molecule has 2 amide bonds. The minimum Gasteiger partial charge on any atom is -0.478 e. The summed E-state index contributed by atoms with van der Waals surface area (Å²) in [5, 5.41) is 9.03. The molecule has 0 radical (unpaired) electrons. The highest BCUT2D eigenvalue weighted by Gasteiger charge is 2.35. The standard InChI is InChI=1S/C18H12ClNO4S/c19-14-4-2-1-3-13(14)10-20-16(21)15(25-18(20)24)9-11-5-7-12(8-6-11)17(22)23/h1-9H,10H2,(H,22,23). The van der Waals surface area contributed by atoms with Crippen LogP contribution in [0.5, 0.6) is 0 Å². The number of benzene rings is 2. The number of carbonyl (C=O) groups excluding carboxylic acids is 2. The Bertz CT molecular complexity index is 892. The first kappa shape index (κ1) is 17.3. The first-order chi connectivity index (χ1) is 12.0. The third-order valence-corrected chi connectivity index (χ3v) is 4.89. The first-order valence-electron chi connectivity index (χ1n) is 7.28. The molecular weight excluding hydrogens is 362 g/mol. The number of hydrogen-bond acceptors (Lipinski definition) is 4. The zero-order chi connectivity index (χ0) is 18.0. The number of halogens is 1. The van der Waals surface area contributed by atoms with Crippen LogP contribution in [0.1, 0.15) is 21.5 Å². The largest absolute Gasteiger partial charge is 0.478 e. The van der Waals surface area contributed by atoms with Crippen LogP contribution in [0.15, 0.2) is 53.4 Å². The molecule has 0 saturated carbocycles. The van der Waals surface area contributed by atoms with E-state index in [1.165, 1.54) is 12.1 Å². The molecule has 2 aromatic carbocycles. The molecule has 2 aromatic rings. The van der Waals surface area contributed by atoms with Crippen LogP contribution in [-0.4, -0.2) is 27.1 Å². The molecule has 0 atom stereocenters. The van der Waals surface area contributed by atoms with Gasteiger partial charge in [-0.2, -0.15) is 0 Å². The molecule has 126 valence electrons. The van der Waals surface area contributed by atoms with E-state index in [9.17, 15) is 14.4 Å². The second-order valence-electron chi connectivity index (χ2n) is 5.29. The summed E-state index contributed by atoms with van der Waals surface area (Å²) in [7, 11) is 0. The van der Waals surface area contributed by atoms with Crippen LogP contribution in [0.3, 0.4) is 0 Å².